The first-order valence-corrected chi connectivity index (χ1v) is 8.72. The van der Waals surface area contributed by atoms with Gasteiger partial charge in [-0.05, 0) is 36.8 Å². The molecule has 1 aliphatic heterocycles. The quantitative estimate of drug-likeness (QED) is 0.850. The number of ether oxygens (including phenoxy) is 1. The molecule has 0 radical (unpaired) electrons. The maximum absolute atomic E-state index is 12.4. The first-order chi connectivity index (χ1) is 11.8. The van der Waals surface area contributed by atoms with Crippen LogP contribution in [0.15, 0.2) is 42.7 Å². The number of nitrogens with zero attached hydrogens (tertiary/aromatic N) is 2. The lowest BCUT2D eigenvalue weighted by atomic mass is 10.0. The molecule has 1 aliphatic rings. The van der Waals surface area contributed by atoms with Gasteiger partial charge in [-0.3, -0.25) is 9.89 Å². The standard InChI is InChI=1S/C19H25N3O2/c23-19(10-9-17-13-20-21-14-17)22-11-12-24-18(15-22)8-4-7-16-5-2-1-3-6-16/h1-3,5-6,13-14,18H,4,7-12,15H2,(H,20,21)/t18-/m1/s1. The van der Waals surface area contributed by atoms with E-state index >= 15 is 0 Å². The molecule has 5 nitrogen and oxygen atoms in total. The Hall–Kier alpha value is -2.14. The molecule has 0 aliphatic carbocycles. The van der Waals surface area contributed by atoms with Crippen LogP contribution in [0.25, 0.3) is 0 Å². The summed E-state index contributed by atoms with van der Waals surface area (Å²) in [4.78, 5) is 14.3. The van der Waals surface area contributed by atoms with Crippen LogP contribution in [0.4, 0.5) is 0 Å². The smallest absolute Gasteiger partial charge is 0.223 e. The topological polar surface area (TPSA) is 58.2 Å². The number of nitrogens with one attached hydrogen (secondary N) is 1. The molecular weight excluding hydrogens is 302 g/mol. The predicted molar refractivity (Wildman–Crippen MR) is 92.6 cm³/mol. The van der Waals surface area contributed by atoms with Crippen LogP contribution < -0.4 is 0 Å². The van der Waals surface area contributed by atoms with E-state index in [-0.39, 0.29) is 12.0 Å². The molecule has 0 unspecified atom stereocenters. The van der Waals surface area contributed by atoms with Crippen LogP contribution in [0.2, 0.25) is 0 Å². The maximum Gasteiger partial charge on any atom is 0.223 e. The third-order valence-electron chi connectivity index (χ3n) is 4.51. The number of carbonyl (C=O) groups is 1. The third-order valence-corrected chi connectivity index (χ3v) is 4.51. The molecule has 0 bridgehead atoms. The number of aromatic nitrogens is 2. The van der Waals surface area contributed by atoms with Crippen molar-refractivity contribution in [1.29, 1.82) is 0 Å². The van der Waals surface area contributed by atoms with Crippen molar-refractivity contribution in [2.45, 2.75) is 38.2 Å². The molecule has 128 valence electrons. The summed E-state index contributed by atoms with van der Waals surface area (Å²) in [6.45, 7) is 2.08. The number of amides is 1. The first kappa shape index (κ1) is 16.7. The number of carbonyl (C=O) groups excluding carboxylic acids is 1. The van der Waals surface area contributed by atoms with E-state index in [1.165, 1.54) is 5.56 Å². The Balaban J connectivity index is 1.39. The zero-order chi connectivity index (χ0) is 16.6. The number of aryl methyl sites for hydroxylation is 2. The van der Waals surface area contributed by atoms with Gasteiger partial charge in [-0.25, -0.2) is 0 Å². The Kier molecular flexibility index (Phi) is 6.01. The molecule has 3 rings (SSSR count). The van der Waals surface area contributed by atoms with E-state index in [9.17, 15) is 4.79 Å². The molecule has 1 aromatic carbocycles. The van der Waals surface area contributed by atoms with E-state index in [4.69, 9.17) is 4.74 Å². The van der Waals surface area contributed by atoms with Crippen LogP contribution >= 0.6 is 0 Å². The number of aromatic amines is 1. The fourth-order valence-electron chi connectivity index (χ4n) is 3.12. The van der Waals surface area contributed by atoms with Crippen molar-refractivity contribution in [3.8, 4) is 0 Å². The van der Waals surface area contributed by atoms with Gasteiger partial charge in [0.2, 0.25) is 5.91 Å². The number of H-pyrrole nitrogens is 1. The van der Waals surface area contributed by atoms with Crippen molar-refractivity contribution in [1.82, 2.24) is 15.1 Å². The largest absolute Gasteiger partial charge is 0.375 e. The van der Waals surface area contributed by atoms with Crippen molar-refractivity contribution in [3.05, 3.63) is 53.9 Å². The molecule has 0 spiro atoms. The second-order valence-electron chi connectivity index (χ2n) is 6.32. The molecular formula is C19H25N3O2. The van der Waals surface area contributed by atoms with Crippen LogP contribution in [0, 0.1) is 0 Å². The molecule has 24 heavy (non-hydrogen) atoms. The van der Waals surface area contributed by atoms with Crippen molar-refractivity contribution >= 4 is 5.91 Å². The van der Waals surface area contributed by atoms with Gasteiger partial charge in [0.05, 0.1) is 18.9 Å². The Labute approximate surface area is 143 Å². The van der Waals surface area contributed by atoms with Gasteiger partial charge in [-0.2, -0.15) is 5.10 Å². The Morgan fingerprint density at radius 3 is 2.92 bits per heavy atom. The van der Waals surface area contributed by atoms with Crippen LogP contribution in [-0.4, -0.2) is 46.8 Å². The monoisotopic (exact) mass is 327 g/mol. The van der Waals surface area contributed by atoms with Crippen molar-refractivity contribution in [2.24, 2.45) is 0 Å². The van der Waals surface area contributed by atoms with Crippen molar-refractivity contribution < 1.29 is 9.53 Å². The number of rotatable bonds is 7. The Bertz CT molecular complexity index is 613. The van der Waals surface area contributed by atoms with E-state index in [0.29, 0.717) is 19.6 Å². The Morgan fingerprint density at radius 2 is 2.12 bits per heavy atom. The molecule has 1 fully saturated rings. The third kappa shape index (κ3) is 4.93. The molecule has 2 aromatic rings. The van der Waals surface area contributed by atoms with Gasteiger partial charge < -0.3 is 9.64 Å². The second kappa shape index (κ2) is 8.64. The van der Waals surface area contributed by atoms with Crippen LogP contribution in [0.1, 0.15) is 30.4 Å². The highest BCUT2D eigenvalue weighted by Crippen LogP contribution is 2.14. The van der Waals surface area contributed by atoms with E-state index in [1.807, 2.05) is 17.2 Å². The molecule has 1 aromatic heterocycles. The predicted octanol–water partition coefficient (Wildman–Crippen LogP) is 2.59. The lowest BCUT2D eigenvalue weighted by Gasteiger charge is -2.33. The number of hydrogen-bond donors (Lipinski definition) is 1. The van der Waals surface area contributed by atoms with E-state index in [1.54, 1.807) is 6.20 Å². The fraction of sp³-hybridized carbons (Fsp3) is 0.474. The minimum atomic E-state index is 0.167. The summed E-state index contributed by atoms with van der Waals surface area (Å²) in [5, 5.41) is 6.70. The number of benzene rings is 1. The summed E-state index contributed by atoms with van der Waals surface area (Å²) < 4.78 is 5.84. The minimum absolute atomic E-state index is 0.167. The van der Waals surface area contributed by atoms with Gasteiger partial charge in [-0.1, -0.05) is 30.3 Å². The highest BCUT2D eigenvalue weighted by atomic mass is 16.5. The zero-order valence-corrected chi connectivity index (χ0v) is 14.0. The van der Waals surface area contributed by atoms with Gasteiger partial charge in [0.25, 0.3) is 0 Å². The number of morpholine rings is 1. The lowest BCUT2D eigenvalue weighted by molar-refractivity contribution is -0.139. The summed E-state index contributed by atoms with van der Waals surface area (Å²) in [5.74, 6) is 0.215. The summed E-state index contributed by atoms with van der Waals surface area (Å²) in [6.07, 6.45) is 8.22. The van der Waals surface area contributed by atoms with E-state index in [0.717, 1.165) is 37.8 Å². The highest BCUT2D eigenvalue weighted by Gasteiger charge is 2.23. The SMILES string of the molecule is O=C(CCc1cn[nH]c1)N1CCO[C@H](CCCc2ccccc2)C1. The van der Waals surface area contributed by atoms with Gasteiger partial charge in [0.15, 0.2) is 0 Å². The van der Waals surface area contributed by atoms with Gasteiger partial charge >= 0.3 is 0 Å². The van der Waals surface area contributed by atoms with E-state index < -0.39 is 0 Å². The highest BCUT2D eigenvalue weighted by molar-refractivity contribution is 5.76. The molecule has 2 heterocycles. The van der Waals surface area contributed by atoms with Crippen LogP contribution in [0.3, 0.4) is 0 Å². The van der Waals surface area contributed by atoms with Crippen LogP contribution in [0.5, 0.6) is 0 Å². The second-order valence-corrected chi connectivity index (χ2v) is 6.32. The first-order valence-electron chi connectivity index (χ1n) is 8.72. The summed E-state index contributed by atoms with van der Waals surface area (Å²) in [5.41, 5.74) is 2.44. The van der Waals surface area contributed by atoms with E-state index in [2.05, 4.69) is 34.5 Å². The Morgan fingerprint density at radius 1 is 1.25 bits per heavy atom. The molecule has 1 atom stereocenters. The fourth-order valence-corrected chi connectivity index (χ4v) is 3.12. The van der Waals surface area contributed by atoms with Gasteiger partial charge in [0.1, 0.15) is 0 Å². The molecule has 0 saturated carbocycles. The summed E-state index contributed by atoms with van der Waals surface area (Å²) in [6, 6.07) is 10.5. The van der Waals surface area contributed by atoms with Crippen LogP contribution in [-0.2, 0) is 22.4 Å². The molecule has 1 saturated heterocycles. The molecule has 5 heteroatoms. The average Bonchev–Trinajstić information content (AvgIpc) is 3.14. The minimum Gasteiger partial charge on any atom is -0.375 e. The summed E-state index contributed by atoms with van der Waals surface area (Å²) >= 11 is 0. The van der Waals surface area contributed by atoms with Crippen molar-refractivity contribution in [3.63, 3.8) is 0 Å². The summed E-state index contributed by atoms with van der Waals surface area (Å²) in [7, 11) is 0. The molecule has 1 N–H and O–H groups in total. The van der Waals surface area contributed by atoms with Crippen molar-refractivity contribution in [2.75, 3.05) is 19.7 Å². The zero-order valence-electron chi connectivity index (χ0n) is 14.0. The normalized spacial score (nSPS) is 17.8. The van der Waals surface area contributed by atoms with Gasteiger partial charge in [-0.15, -0.1) is 0 Å². The number of hydrogen-bond acceptors (Lipinski definition) is 3. The average molecular weight is 327 g/mol. The van der Waals surface area contributed by atoms with Gasteiger partial charge in [0, 0.05) is 25.7 Å². The lowest BCUT2D eigenvalue weighted by Crippen LogP contribution is -2.45. The maximum atomic E-state index is 12.4. The molecule has 1 amide bonds.